The van der Waals surface area contributed by atoms with Crippen LogP contribution >= 0.6 is 0 Å². The molecule has 16 heavy (non-hydrogen) atoms. The third kappa shape index (κ3) is 3.76. The molecule has 1 aromatic carbocycles. The molecule has 1 rings (SSSR count). The summed E-state index contributed by atoms with van der Waals surface area (Å²) >= 11 is 0. The minimum Gasteiger partial charge on any atom is -0.396 e. The van der Waals surface area contributed by atoms with Gasteiger partial charge in [0.1, 0.15) is 6.29 Å². The molecule has 0 heterocycles. The van der Waals surface area contributed by atoms with Crippen molar-refractivity contribution in [2.24, 2.45) is 0 Å². The molecule has 3 heteroatoms. The lowest BCUT2D eigenvalue weighted by Gasteiger charge is -2.25. The third-order valence-corrected chi connectivity index (χ3v) is 2.68. The summed E-state index contributed by atoms with van der Waals surface area (Å²) in [6.45, 7) is 4.87. The van der Waals surface area contributed by atoms with E-state index in [-0.39, 0.29) is 12.1 Å². The molecule has 0 aromatic heterocycles. The molecular weight excluding hydrogens is 202 g/mol. The Morgan fingerprint density at radius 1 is 1.38 bits per heavy atom. The summed E-state index contributed by atoms with van der Waals surface area (Å²) in [6, 6.07) is 7.52. The molecule has 3 nitrogen and oxygen atoms in total. The van der Waals surface area contributed by atoms with Crippen molar-refractivity contribution in [3.05, 3.63) is 35.4 Å². The fourth-order valence-electron chi connectivity index (χ4n) is 1.51. The van der Waals surface area contributed by atoms with E-state index < -0.39 is 0 Å². The smallest absolute Gasteiger partial charge is 0.150 e. The fraction of sp³-hybridized carbons (Fsp3) is 0.462. The predicted molar refractivity (Wildman–Crippen MR) is 64.5 cm³/mol. The van der Waals surface area contributed by atoms with Crippen LogP contribution in [-0.4, -0.2) is 23.5 Å². The van der Waals surface area contributed by atoms with Gasteiger partial charge in [-0.25, -0.2) is 0 Å². The van der Waals surface area contributed by atoms with Gasteiger partial charge in [0.05, 0.1) is 0 Å². The number of benzene rings is 1. The van der Waals surface area contributed by atoms with E-state index in [0.29, 0.717) is 13.0 Å². The van der Waals surface area contributed by atoms with E-state index in [2.05, 4.69) is 5.32 Å². The van der Waals surface area contributed by atoms with Gasteiger partial charge in [-0.05, 0) is 25.8 Å². The van der Waals surface area contributed by atoms with Gasteiger partial charge in [-0.3, -0.25) is 4.79 Å². The van der Waals surface area contributed by atoms with E-state index in [9.17, 15) is 4.79 Å². The first-order chi connectivity index (χ1) is 7.59. The van der Waals surface area contributed by atoms with Crippen LogP contribution in [0.5, 0.6) is 0 Å². The molecule has 0 aliphatic carbocycles. The first kappa shape index (κ1) is 12.9. The highest BCUT2D eigenvalue weighted by Crippen LogP contribution is 2.11. The Balaban J connectivity index is 2.63. The van der Waals surface area contributed by atoms with Crippen molar-refractivity contribution >= 4 is 6.29 Å². The molecule has 0 fully saturated rings. The van der Waals surface area contributed by atoms with Gasteiger partial charge < -0.3 is 10.4 Å². The minimum atomic E-state index is -0.120. The quantitative estimate of drug-likeness (QED) is 0.719. The summed E-state index contributed by atoms with van der Waals surface area (Å²) in [4.78, 5) is 10.8. The largest absolute Gasteiger partial charge is 0.396 e. The van der Waals surface area contributed by atoms with Crippen molar-refractivity contribution in [3.8, 4) is 0 Å². The van der Waals surface area contributed by atoms with Gasteiger partial charge in [-0.1, -0.05) is 24.3 Å². The van der Waals surface area contributed by atoms with Crippen LogP contribution in [0.1, 0.15) is 36.2 Å². The Morgan fingerprint density at radius 3 is 2.69 bits per heavy atom. The molecule has 0 bridgehead atoms. The van der Waals surface area contributed by atoms with Crippen LogP contribution in [0.4, 0.5) is 0 Å². The molecule has 0 aliphatic rings. The Kier molecular flexibility index (Phi) is 4.65. The van der Waals surface area contributed by atoms with Crippen molar-refractivity contribution in [3.63, 3.8) is 0 Å². The molecule has 0 spiro atoms. The molecule has 88 valence electrons. The standard InChI is InChI=1S/C13H19NO2/c1-13(2,7-8-15)14-9-11-5-3-4-6-12(11)10-16/h3-6,10,14-15H,7-9H2,1-2H3. The van der Waals surface area contributed by atoms with E-state index in [1.54, 1.807) is 0 Å². The maximum atomic E-state index is 10.8. The van der Waals surface area contributed by atoms with E-state index >= 15 is 0 Å². The molecule has 0 amide bonds. The summed E-state index contributed by atoms with van der Waals surface area (Å²) in [5.74, 6) is 0. The van der Waals surface area contributed by atoms with Crippen LogP contribution in [0.3, 0.4) is 0 Å². The average Bonchev–Trinajstić information content (AvgIpc) is 2.27. The zero-order chi connectivity index (χ0) is 12.0. The van der Waals surface area contributed by atoms with Gasteiger partial charge in [-0.15, -0.1) is 0 Å². The number of nitrogens with one attached hydrogen (secondary N) is 1. The Bertz CT molecular complexity index is 348. The van der Waals surface area contributed by atoms with Gasteiger partial charge in [0, 0.05) is 24.3 Å². The normalized spacial score (nSPS) is 11.4. The molecule has 0 saturated carbocycles. The first-order valence-corrected chi connectivity index (χ1v) is 5.48. The summed E-state index contributed by atoms with van der Waals surface area (Å²) in [5, 5.41) is 12.2. The summed E-state index contributed by atoms with van der Waals surface area (Å²) in [6.07, 6.45) is 1.56. The molecule has 0 unspecified atom stereocenters. The van der Waals surface area contributed by atoms with E-state index in [1.165, 1.54) is 0 Å². The van der Waals surface area contributed by atoms with Crippen LogP contribution < -0.4 is 5.32 Å². The van der Waals surface area contributed by atoms with E-state index in [1.807, 2.05) is 38.1 Å². The minimum absolute atomic E-state index is 0.120. The topological polar surface area (TPSA) is 49.3 Å². The predicted octanol–water partition coefficient (Wildman–Crippen LogP) is 1.75. The Morgan fingerprint density at radius 2 is 2.06 bits per heavy atom. The highest BCUT2D eigenvalue weighted by atomic mass is 16.3. The monoisotopic (exact) mass is 221 g/mol. The number of carbonyl (C=O) groups is 1. The zero-order valence-electron chi connectivity index (χ0n) is 9.86. The summed E-state index contributed by atoms with van der Waals surface area (Å²) in [7, 11) is 0. The van der Waals surface area contributed by atoms with Crippen molar-refractivity contribution < 1.29 is 9.90 Å². The Hall–Kier alpha value is -1.19. The number of aliphatic hydroxyl groups excluding tert-OH is 1. The number of rotatable bonds is 6. The Labute approximate surface area is 96.5 Å². The SMILES string of the molecule is CC(C)(CCO)NCc1ccccc1C=O. The van der Waals surface area contributed by atoms with Crippen LogP contribution in [-0.2, 0) is 6.54 Å². The van der Waals surface area contributed by atoms with Crippen LogP contribution in [0.15, 0.2) is 24.3 Å². The fourth-order valence-corrected chi connectivity index (χ4v) is 1.51. The van der Waals surface area contributed by atoms with Crippen molar-refractivity contribution in [1.82, 2.24) is 5.32 Å². The van der Waals surface area contributed by atoms with Crippen molar-refractivity contribution in [2.75, 3.05) is 6.61 Å². The molecular formula is C13H19NO2. The highest BCUT2D eigenvalue weighted by Gasteiger charge is 2.16. The van der Waals surface area contributed by atoms with Gasteiger partial charge in [0.25, 0.3) is 0 Å². The second-order valence-corrected chi connectivity index (χ2v) is 4.53. The molecule has 0 atom stereocenters. The van der Waals surface area contributed by atoms with Gasteiger partial charge in [0.15, 0.2) is 0 Å². The van der Waals surface area contributed by atoms with Gasteiger partial charge in [0.2, 0.25) is 0 Å². The lowest BCUT2D eigenvalue weighted by Crippen LogP contribution is -2.39. The molecule has 1 aromatic rings. The second-order valence-electron chi connectivity index (χ2n) is 4.53. The lowest BCUT2D eigenvalue weighted by molar-refractivity contribution is 0.112. The highest BCUT2D eigenvalue weighted by molar-refractivity contribution is 5.77. The van der Waals surface area contributed by atoms with Crippen LogP contribution in [0, 0.1) is 0 Å². The number of hydrogen-bond donors (Lipinski definition) is 2. The van der Waals surface area contributed by atoms with Crippen LogP contribution in [0.2, 0.25) is 0 Å². The summed E-state index contributed by atoms with van der Waals surface area (Å²) < 4.78 is 0. The second kappa shape index (κ2) is 5.77. The number of aldehydes is 1. The maximum Gasteiger partial charge on any atom is 0.150 e. The molecule has 0 aliphatic heterocycles. The number of aliphatic hydroxyl groups is 1. The lowest BCUT2D eigenvalue weighted by atomic mass is 10.00. The van der Waals surface area contributed by atoms with E-state index in [0.717, 1.165) is 17.4 Å². The number of hydrogen-bond acceptors (Lipinski definition) is 3. The van der Waals surface area contributed by atoms with Crippen LogP contribution in [0.25, 0.3) is 0 Å². The van der Waals surface area contributed by atoms with Gasteiger partial charge >= 0.3 is 0 Å². The average molecular weight is 221 g/mol. The van der Waals surface area contributed by atoms with Crippen molar-refractivity contribution in [2.45, 2.75) is 32.4 Å². The maximum absolute atomic E-state index is 10.8. The first-order valence-electron chi connectivity index (χ1n) is 5.48. The zero-order valence-corrected chi connectivity index (χ0v) is 9.86. The summed E-state index contributed by atoms with van der Waals surface area (Å²) in [5.41, 5.74) is 1.59. The molecule has 2 N–H and O–H groups in total. The van der Waals surface area contributed by atoms with Gasteiger partial charge in [-0.2, -0.15) is 0 Å². The van der Waals surface area contributed by atoms with E-state index in [4.69, 9.17) is 5.11 Å². The molecule has 0 radical (unpaired) electrons. The number of carbonyl (C=O) groups excluding carboxylic acids is 1. The molecule has 0 saturated heterocycles. The van der Waals surface area contributed by atoms with Crippen molar-refractivity contribution in [1.29, 1.82) is 0 Å². The third-order valence-electron chi connectivity index (χ3n) is 2.68.